The Labute approximate surface area is 108 Å². The van der Waals surface area contributed by atoms with Gasteiger partial charge in [-0.25, -0.2) is 0 Å². The normalized spacial score (nSPS) is 23.6. The Hall–Kier alpha value is -1.58. The van der Waals surface area contributed by atoms with Gasteiger partial charge < -0.3 is 11.1 Å². The number of pyridine rings is 1. The monoisotopic (exact) mass is 247 g/mol. The second-order valence-electron chi connectivity index (χ2n) is 5.31. The SMILES string of the molecule is CC1CCCC(CNC(=O)c2cnccc2N)C1. The van der Waals surface area contributed by atoms with Crippen LogP contribution in [0.15, 0.2) is 18.5 Å². The zero-order valence-corrected chi connectivity index (χ0v) is 10.9. The third-order valence-corrected chi connectivity index (χ3v) is 3.70. The largest absolute Gasteiger partial charge is 0.398 e. The van der Waals surface area contributed by atoms with Crippen molar-refractivity contribution in [2.24, 2.45) is 11.8 Å². The molecule has 0 aliphatic heterocycles. The van der Waals surface area contributed by atoms with Crippen molar-refractivity contribution in [3.05, 3.63) is 24.0 Å². The minimum absolute atomic E-state index is 0.112. The van der Waals surface area contributed by atoms with Gasteiger partial charge in [-0.05, 0) is 30.7 Å². The van der Waals surface area contributed by atoms with Gasteiger partial charge in [0.05, 0.1) is 5.56 Å². The Kier molecular flexibility index (Phi) is 4.18. The number of nitrogen functional groups attached to an aromatic ring is 1. The highest BCUT2D eigenvalue weighted by molar-refractivity contribution is 5.98. The van der Waals surface area contributed by atoms with E-state index in [2.05, 4.69) is 17.2 Å². The summed E-state index contributed by atoms with van der Waals surface area (Å²) < 4.78 is 0. The smallest absolute Gasteiger partial charge is 0.254 e. The molecule has 4 heteroatoms. The second-order valence-corrected chi connectivity index (χ2v) is 5.31. The molecule has 2 unspecified atom stereocenters. The maximum atomic E-state index is 12.0. The number of nitrogens with two attached hydrogens (primary N) is 1. The lowest BCUT2D eigenvalue weighted by atomic mass is 9.82. The van der Waals surface area contributed by atoms with Crippen molar-refractivity contribution >= 4 is 11.6 Å². The highest BCUT2D eigenvalue weighted by atomic mass is 16.1. The van der Waals surface area contributed by atoms with E-state index in [0.29, 0.717) is 17.2 Å². The van der Waals surface area contributed by atoms with E-state index in [9.17, 15) is 4.79 Å². The van der Waals surface area contributed by atoms with Gasteiger partial charge in [-0.3, -0.25) is 9.78 Å². The molecule has 0 aromatic carbocycles. The van der Waals surface area contributed by atoms with E-state index in [1.807, 2.05) is 0 Å². The Morgan fingerprint density at radius 1 is 1.56 bits per heavy atom. The highest BCUT2D eigenvalue weighted by Gasteiger charge is 2.19. The van der Waals surface area contributed by atoms with Crippen LogP contribution in [-0.4, -0.2) is 17.4 Å². The fourth-order valence-corrected chi connectivity index (χ4v) is 2.67. The molecule has 0 saturated heterocycles. The van der Waals surface area contributed by atoms with Crippen molar-refractivity contribution < 1.29 is 4.79 Å². The number of nitrogens with one attached hydrogen (secondary N) is 1. The topological polar surface area (TPSA) is 68.0 Å². The molecule has 3 N–H and O–H groups in total. The van der Waals surface area contributed by atoms with Gasteiger partial charge in [0.25, 0.3) is 5.91 Å². The summed E-state index contributed by atoms with van der Waals surface area (Å²) >= 11 is 0. The summed E-state index contributed by atoms with van der Waals surface area (Å²) in [7, 11) is 0. The van der Waals surface area contributed by atoms with Gasteiger partial charge in [0.1, 0.15) is 0 Å². The average molecular weight is 247 g/mol. The van der Waals surface area contributed by atoms with Crippen molar-refractivity contribution in [1.82, 2.24) is 10.3 Å². The van der Waals surface area contributed by atoms with Crippen LogP contribution in [-0.2, 0) is 0 Å². The number of carbonyl (C=O) groups excluding carboxylic acids is 1. The van der Waals surface area contributed by atoms with Crippen LogP contribution in [0.2, 0.25) is 0 Å². The van der Waals surface area contributed by atoms with E-state index in [1.54, 1.807) is 12.3 Å². The molecule has 1 amide bonds. The summed E-state index contributed by atoms with van der Waals surface area (Å²) in [6, 6.07) is 1.65. The molecular weight excluding hydrogens is 226 g/mol. The molecule has 1 heterocycles. The molecule has 98 valence electrons. The van der Waals surface area contributed by atoms with Gasteiger partial charge in [0.2, 0.25) is 0 Å². The lowest BCUT2D eigenvalue weighted by molar-refractivity contribution is 0.0941. The van der Waals surface area contributed by atoms with Gasteiger partial charge in [-0.1, -0.05) is 19.8 Å². The number of hydrogen-bond donors (Lipinski definition) is 2. The number of carbonyl (C=O) groups is 1. The molecule has 0 radical (unpaired) electrons. The number of nitrogens with zero attached hydrogens (tertiary/aromatic N) is 1. The zero-order valence-electron chi connectivity index (χ0n) is 10.9. The maximum absolute atomic E-state index is 12.0. The second kappa shape index (κ2) is 5.85. The van der Waals surface area contributed by atoms with E-state index in [-0.39, 0.29) is 5.91 Å². The van der Waals surface area contributed by atoms with Crippen LogP contribution in [0.3, 0.4) is 0 Å². The third kappa shape index (κ3) is 3.22. The first-order valence-electron chi connectivity index (χ1n) is 6.64. The Balaban J connectivity index is 1.87. The van der Waals surface area contributed by atoms with E-state index >= 15 is 0 Å². The molecule has 0 bridgehead atoms. The molecule has 1 aliphatic carbocycles. The van der Waals surface area contributed by atoms with Crippen LogP contribution < -0.4 is 11.1 Å². The summed E-state index contributed by atoms with van der Waals surface area (Å²) in [6.45, 7) is 3.03. The number of aromatic nitrogens is 1. The molecule has 1 aromatic rings. The molecule has 2 rings (SSSR count). The van der Waals surface area contributed by atoms with Gasteiger partial charge in [-0.2, -0.15) is 0 Å². The summed E-state index contributed by atoms with van der Waals surface area (Å²) in [6.07, 6.45) is 8.13. The number of hydrogen-bond acceptors (Lipinski definition) is 3. The Morgan fingerprint density at radius 2 is 2.39 bits per heavy atom. The van der Waals surface area contributed by atoms with Crippen molar-refractivity contribution in [2.75, 3.05) is 12.3 Å². The summed E-state index contributed by atoms with van der Waals surface area (Å²) in [4.78, 5) is 15.9. The molecule has 18 heavy (non-hydrogen) atoms. The van der Waals surface area contributed by atoms with Crippen LogP contribution in [0.25, 0.3) is 0 Å². The molecule has 1 saturated carbocycles. The molecule has 0 spiro atoms. The predicted octanol–water partition coefficient (Wildman–Crippen LogP) is 2.22. The van der Waals surface area contributed by atoms with Crippen LogP contribution in [0, 0.1) is 11.8 Å². The van der Waals surface area contributed by atoms with Crippen LogP contribution in [0.4, 0.5) is 5.69 Å². The number of amides is 1. The highest BCUT2D eigenvalue weighted by Crippen LogP contribution is 2.27. The van der Waals surface area contributed by atoms with Crippen LogP contribution >= 0.6 is 0 Å². The predicted molar refractivity (Wildman–Crippen MR) is 72.1 cm³/mol. The quantitative estimate of drug-likeness (QED) is 0.860. The van der Waals surface area contributed by atoms with E-state index in [0.717, 1.165) is 12.5 Å². The third-order valence-electron chi connectivity index (χ3n) is 3.70. The summed E-state index contributed by atoms with van der Waals surface area (Å²) in [5.41, 5.74) is 6.71. The lowest BCUT2D eigenvalue weighted by Gasteiger charge is -2.26. The molecule has 1 aromatic heterocycles. The first-order chi connectivity index (χ1) is 8.66. The van der Waals surface area contributed by atoms with Gasteiger partial charge >= 0.3 is 0 Å². The molecular formula is C14H21N3O. The minimum atomic E-state index is -0.112. The number of anilines is 1. The summed E-state index contributed by atoms with van der Waals surface area (Å²) in [5.74, 6) is 1.28. The van der Waals surface area contributed by atoms with Crippen molar-refractivity contribution in [3.63, 3.8) is 0 Å². The summed E-state index contributed by atoms with van der Waals surface area (Å²) in [5, 5.41) is 2.97. The van der Waals surface area contributed by atoms with Gasteiger partial charge in [-0.15, -0.1) is 0 Å². The van der Waals surface area contributed by atoms with Gasteiger partial charge in [0.15, 0.2) is 0 Å². The molecule has 1 aliphatic rings. The van der Waals surface area contributed by atoms with E-state index in [4.69, 9.17) is 5.73 Å². The van der Waals surface area contributed by atoms with Crippen LogP contribution in [0.1, 0.15) is 43.0 Å². The van der Waals surface area contributed by atoms with Gasteiger partial charge in [0, 0.05) is 24.6 Å². The maximum Gasteiger partial charge on any atom is 0.254 e. The van der Waals surface area contributed by atoms with E-state index < -0.39 is 0 Å². The standard InChI is InChI=1S/C14H21N3O/c1-10-3-2-4-11(7-10)8-17-14(18)12-9-16-6-5-13(12)15/h5-6,9-11H,2-4,7-8H2,1H3,(H2,15,16)(H,17,18). The number of rotatable bonds is 3. The average Bonchev–Trinajstić information content (AvgIpc) is 2.37. The Morgan fingerprint density at radius 3 is 3.11 bits per heavy atom. The Bertz CT molecular complexity index is 419. The first-order valence-corrected chi connectivity index (χ1v) is 6.64. The fraction of sp³-hybridized carbons (Fsp3) is 0.571. The molecule has 4 nitrogen and oxygen atoms in total. The van der Waals surface area contributed by atoms with Crippen molar-refractivity contribution in [1.29, 1.82) is 0 Å². The van der Waals surface area contributed by atoms with Crippen molar-refractivity contribution in [2.45, 2.75) is 32.6 Å². The van der Waals surface area contributed by atoms with Crippen LogP contribution in [0.5, 0.6) is 0 Å². The fourth-order valence-electron chi connectivity index (χ4n) is 2.67. The molecule has 1 fully saturated rings. The first kappa shape index (κ1) is 12.9. The molecule has 2 atom stereocenters. The minimum Gasteiger partial charge on any atom is -0.398 e. The zero-order chi connectivity index (χ0) is 13.0. The van der Waals surface area contributed by atoms with E-state index in [1.165, 1.54) is 31.9 Å². The van der Waals surface area contributed by atoms with Crippen molar-refractivity contribution in [3.8, 4) is 0 Å². The lowest BCUT2D eigenvalue weighted by Crippen LogP contribution is -2.32.